The summed E-state index contributed by atoms with van der Waals surface area (Å²) >= 11 is 0. The van der Waals surface area contributed by atoms with Crippen molar-refractivity contribution in [3.8, 4) is 0 Å². The number of hydrogen-bond donors (Lipinski definition) is 0. The van der Waals surface area contributed by atoms with Gasteiger partial charge >= 0.3 is 17.9 Å². The number of ether oxygens (including phenoxy) is 3. The van der Waals surface area contributed by atoms with Crippen LogP contribution in [-0.2, 0) is 28.6 Å². The third kappa shape index (κ3) is 35.5. The maximum Gasteiger partial charge on any atom is 0.306 e. The zero-order valence-electron chi connectivity index (χ0n) is 31.7. The lowest BCUT2D eigenvalue weighted by molar-refractivity contribution is -0.167. The van der Waals surface area contributed by atoms with Crippen molar-refractivity contribution in [2.45, 2.75) is 226 Å². The van der Waals surface area contributed by atoms with Crippen molar-refractivity contribution in [2.24, 2.45) is 5.92 Å². The van der Waals surface area contributed by atoms with Gasteiger partial charge in [-0.15, -0.1) is 0 Å². The number of hydrogen-bond acceptors (Lipinski definition) is 6. The van der Waals surface area contributed by atoms with Crippen LogP contribution < -0.4 is 0 Å². The number of carbonyl (C=O) groups excluding carboxylic acids is 3. The fourth-order valence-electron chi connectivity index (χ4n) is 5.92. The minimum Gasteiger partial charge on any atom is -0.462 e. The molecular weight excluding hydrogens is 588 g/mol. The Hall–Kier alpha value is -1.59. The zero-order chi connectivity index (χ0) is 34.6. The van der Waals surface area contributed by atoms with Crippen molar-refractivity contribution < 1.29 is 28.6 Å². The van der Waals surface area contributed by atoms with E-state index in [2.05, 4.69) is 27.7 Å². The standard InChI is InChI=1S/C41H78O6/c1-5-7-9-11-12-13-14-15-16-17-18-21-25-28-32-39(42)45-35-38(47-41(44)34-30-23-10-8-6-2)36-46-40(43)33-29-26-22-19-20-24-27-31-37(3)4/h37-38H,5-36H2,1-4H3/t38-/m1/s1. The van der Waals surface area contributed by atoms with Gasteiger partial charge in [0.1, 0.15) is 13.2 Å². The molecule has 0 aromatic rings. The summed E-state index contributed by atoms with van der Waals surface area (Å²) in [5.41, 5.74) is 0. The molecule has 1 atom stereocenters. The Kier molecular flexibility index (Phi) is 34.5. The van der Waals surface area contributed by atoms with E-state index in [9.17, 15) is 14.4 Å². The van der Waals surface area contributed by atoms with Crippen LogP contribution in [0, 0.1) is 5.92 Å². The first-order valence-electron chi connectivity index (χ1n) is 20.4. The molecule has 0 rings (SSSR count). The van der Waals surface area contributed by atoms with Gasteiger partial charge in [-0.3, -0.25) is 14.4 Å². The van der Waals surface area contributed by atoms with Gasteiger partial charge in [0.2, 0.25) is 0 Å². The van der Waals surface area contributed by atoms with E-state index >= 15 is 0 Å². The van der Waals surface area contributed by atoms with Crippen LogP contribution in [0.2, 0.25) is 0 Å². The minimum atomic E-state index is -0.756. The average Bonchev–Trinajstić information content (AvgIpc) is 3.05. The molecule has 0 aliphatic carbocycles. The quantitative estimate of drug-likeness (QED) is 0.0376. The zero-order valence-corrected chi connectivity index (χ0v) is 31.7. The SMILES string of the molecule is CCCCCCCCCCCCCCCCC(=O)OC[C@H](COC(=O)CCCCCCCCCC(C)C)OC(=O)CCCCCCC. The highest BCUT2D eigenvalue weighted by Gasteiger charge is 2.19. The number of unbranched alkanes of at least 4 members (excludes halogenated alkanes) is 23. The highest BCUT2D eigenvalue weighted by molar-refractivity contribution is 5.71. The van der Waals surface area contributed by atoms with Crippen LogP contribution in [0.1, 0.15) is 220 Å². The largest absolute Gasteiger partial charge is 0.462 e. The van der Waals surface area contributed by atoms with E-state index in [-0.39, 0.29) is 31.1 Å². The summed E-state index contributed by atoms with van der Waals surface area (Å²) in [6, 6.07) is 0. The molecule has 0 bridgehead atoms. The first kappa shape index (κ1) is 45.4. The molecule has 278 valence electrons. The lowest BCUT2D eigenvalue weighted by Gasteiger charge is -2.18. The van der Waals surface area contributed by atoms with E-state index in [0.717, 1.165) is 70.1 Å². The molecule has 0 amide bonds. The fourth-order valence-corrected chi connectivity index (χ4v) is 5.92. The molecule has 0 spiro atoms. The van der Waals surface area contributed by atoms with E-state index in [0.29, 0.717) is 19.3 Å². The molecule has 0 fully saturated rings. The normalized spacial score (nSPS) is 11.9. The maximum absolute atomic E-state index is 12.5. The second-order valence-electron chi connectivity index (χ2n) is 14.4. The Balaban J connectivity index is 4.18. The van der Waals surface area contributed by atoms with Gasteiger partial charge in [-0.25, -0.2) is 0 Å². The molecule has 0 radical (unpaired) electrons. The van der Waals surface area contributed by atoms with E-state index in [1.807, 2.05) is 0 Å². The van der Waals surface area contributed by atoms with Gasteiger partial charge in [-0.1, -0.05) is 182 Å². The summed E-state index contributed by atoms with van der Waals surface area (Å²) in [6.07, 6.45) is 32.7. The molecule has 47 heavy (non-hydrogen) atoms. The van der Waals surface area contributed by atoms with Crippen molar-refractivity contribution in [3.63, 3.8) is 0 Å². The van der Waals surface area contributed by atoms with Crippen LogP contribution in [0.5, 0.6) is 0 Å². The fraction of sp³-hybridized carbons (Fsp3) is 0.927. The molecule has 0 aliphatic rings. The van der Waals surface area contributed by atoms with Crippen molar-refractivity contribution in [1.29, 1.82) is 0 Å². The summed E-state index contributed by atoms with van der Waals surface area (Å²) in [6.45, 7) is 8.84. The van der Waals surface area contributed by atoms with Crippen LogP contribution in [0.3, 0.4) is 0 Å². The van der Waals surface area contributed by atoms with E-state index in [4.69, 9.17) is 14.2 Å². The number of esters is 3. The third-order valence-corrected chi connectivity index (χ3v) is 9.04. The Morgan fingerprint density at radius 3 is 1.04 bits per heavy atom. The summed E-state index contributed by atoms with van der Waals surface area (Å²) in [5, 5.41) is 0. The van der Waals surface area contributed by atoms with Crippen molar-refractivity contribution >= 4 is 17.9 Å². The Labute approximate surface area is 291 Å². The van der Waals surface area contributed by atoms with Crippen LogP contribution in [0.4, 0.5) is 0 Å². The van der Waals surface area contributed by atoms with Crippen LogP contribution in [-0.4, -0.2) is 37.2 Å². The number of carbonyl (C=O) groups is 3. The van der Waals surface area contributed by atoms with Crippen LogP contribution in [0.25, 0.3) is 0 Å². The van der Waals surface area contributed by atoms with Crippen molar-refractivity contribution in [1.82, 2.24) is 0 Å². The first-order chi connectivity index (χ1) is 22.9. The third-order valence-electron chi connectivity index (χ3n) is 9.04. The monoisotopic (exact) mass is 667 g/mol. The van der Waals surface area contributed by atoms with Crippen LogP contribution >= 0.6 is 0 Å². The lowest BCUT2D eigenvalue weighted by atomic mass is 10.0. The highest BCUT2D eigenvalue weighted by Crippen LogP contribution is 2.15. The second-order valence-corrected chi connectivity index (χ2v) is 14.4. The average molecular weight is 667 g/mol. The molecular formula is C41H78O6. The molecule has 0 saturated carbocycles. The van der Waals surface area contributed by atoms with Gasteiger partial charge < -0.3 is 14.2 Å². The predicted octanol–water partition coefficient (Wildman–Crippen LogP) is 12.4. The Bertz CT molecular complexity index is 706. The molecule has 0 aromatic carbocycles. The van der Waals surface area contributed by atoms with Gasteiger partial charge in [-0.05, 0) is 25.2 Å². The summed E-state index contributed by atoms with van der Waals surface area (Å²) in [5.74, 6) is -0.0964. The summed E-state index contributed by atoms with van der Waals surface area (Å²) < 4.78 is 16.5. The van der Waals surface area contributed by atoms with E-state index < -0.39 is 6.10 Å². The van der Waals surface area contributed by atoms with E-state index in [1.54, 1.807) is 0 Å². The second kappa shape index (κ2) is 35.7. The highest BCUT2D eigenvalue weighted by atomic mass is 16.6. The first-order valence-corrected chi connectivity index (χ1v) is 20.4. The van der Waals surface area contributed by atoms with Crippen LogP contribution in [0.15, 0.2) is 0 Å². The number of rotatable bonds is 36. The summed E-state index contributed by atoms with van der Waals surface area (Å²) in [7, 11) is 0. The molecule has 0 unspecified atom stereocenters. The van der Waals surface area contributed by atoms with Crippen molar-refractivity contribution in [2.75, 3.05) is 13.2 Å². The minimum absolute atomic E-state index is 0.0664. The molecule has 0 saturated heterocycles. The van der Waals surface area contributed by atoms with E-state index in [1.165, 1.54) is 109 Å². The van der Waals surface area contributed by atoms with Crippen molar-refractivity contribution in [3.05, 3.63) is 0 Å². The predicted molar refractivity (Wildman–Crippen MR) is 196 cm³/mol. The lowest BCUT2D eigenvalue weighted by Crippen LogP contribution is -2.30. The smallest absolute Gasteiger partial charge is 0.306 e. The molecule has 6 heteroatoms. The van der Waals surface area contributed by atoms with Gasteiger partial charge in [0.05, 0.1) is 0 Å². The van der Waals surface area contributed by atoms with Gasteiger partial charge in [0.25, 0.3) is 0 Å². The molecule has 0 N–H and O–H groups in total. The Morgan fingerprint density at radius 1 is 0.404 bits per heavy atom. The topological polar surface area (TPSA) is 78.9 Å². The summed E-state index contributed by atoms with van der Waals surface area (Å²) in [4.78, 5) is 37.2. The molecule has 6 nitrogen and oxygen atoms in total. The Morgan fingerprint density at radius 2 is 0.702 bits per heavy atom. The maximum atomic E-state index is 12.5. The van der Waals surface area contributed by atoms with Gasteiger partial charge in [-0.2, -0.15) is 0 Å². The molecule has 0 aromatic heterocycles. The molecule has 0 heterocycles. The van der Waals surface area contributed by atoms with Gasteiger partial charge in [0, 0.05) is 19.3 Å². The molecule has 0 aliphatic heterocycles. The van der Waals surface area contributed by atoms with Gasteiger partial charge in [0.15, 0.2) is 6.10 Å².